The van der Waals surface area contributed by atoms with E-state index in [1.54, 1.807) is 24.4 Å². The fourth-order valence-electron chi connectivity index (χ4n) is 4.80. The zero-order chi connectivity index (χ0) is 23.4. The van der Waals surface area contributed by atoms with Crippen LogP contribution in [0.1, 0.15) is 52.3 Å². The Labute approximate surface area is 193 Å². The largest absolute Gasteiger partial charge is 0.456 e. The molecule has 2 amide bonds. The first-order chi connectivity index (χ1) is 16.0. The summed E-state index contributed by atoms with van der Waals surface area (Å²) in [6.07, 6.45) is 6.55. The fraction of sp³-hybridized carbons (Fsp3) is 0.385. The number of nitrogens with one attached hydrogen (secondary N) is 1. The maximum Gasteiger partial charge on any atom is 0.287 e. The summed E-state index contributed by atoms with van der Waals surface area (Å²) < 4.78 is 5.58. The maximum absolute atomic E-state index is 12.8. The molecular weight excluding hydrogens is 416 g/mol. The summed E-state index contributed by atoms with van der Waals surface area (Å²) in [6.45, 7) is 7.28. The molecule has 0 bridgehead atoms. The Morgan fingerprint density at radius 1 is 1.36 bits per heavy atom. The highest BCUT2D eigenvalue weighted by Crippen LogP contribution is 2.59. The second-order valence-electron chi connectivity index (χ2n) is 8.92. The summed E-state index contributed by atoms with van der Waals surface area (Å²) in [5.41, 5.74) is 2.37. The van der Waals surface area contributed by atoms with Crippen molar-refractivity contribution in [2.75, 3.05) is 19.6 Å². The Kier molecular flexibility index (Phi) is 6.45. The van der Waals surface area contributed by atoms with Crippen LogP contribution in [-0.4, -0.2) is 43.1 Å². The number of nitriles is 1. The molecule has 1 unspecified atom stereocenters. The van der Waals surface area contributed by atoms with Gasteiger partial charge in [-0.2, -0.15) is 5.26 Å². The molecule has 2 heterocycles. The van der Waals surface area contributed by atoms with Crippen LogP contribution in [0, 0.1) is 29.6 Å². The Balaban J connectivity index is 1.25. The molecule has 1 aliphatic heterocycles. The van der Waals surface area contributed by atoms with Gasteiger partial charge in [-0.25, -0.2) is 0 Å². The molecule has 0 radical (unpaired) electrons. The minimum absolute atomic E-state index is 0.0720. The first kappa shape index (κ1) is 22.5. The van der Waals surface area contributed by atoms with Crippen molar-refractivity contribution in [3.63, 3.8) is 0 Å². The number of hydrogen-bond donors (Lipinski definition) is 1. The van der Waals surface area contributed by atoms with Gasteiger partial charge < -0.3 is 14.6 Å². The number of piperidine rings is 1. The smallest absolute Gasteiger partial charge is 0.287 e. The number of carbonyl (C=O) groups excluding carboxylic acids is 2. The zero-order valence-corrected chi connectivity index (χ0v) is 18.8. The van der Waals surface area contributed by atoms with Crippen molar-refractivity contribution in [2.45, 2.75) is 32.6 Å². The Bertz CT molecular complexity index is 1130. The molecule has 33 heavy (non-hydrogen) atoms. The summed E-state index contributed by atoms with van der Waals surface area (Å²) in [5, 5.41) is 12.2. The summed E-state index contributed by atoms with van der Waals surface area (Å²) in [7, 11) is 0. The lowest BCUT2D eigenvalue weighted by molar-refractivity contribution is -0.132. The Morgan fingerprint density at radius 2 is 2.12 bits per heavy atom. The molecule has 1 aliphatic carbocycles. The van der Waals surface area contributed by atoms with E-state index in [1.165, 1.54) is 0 Å². The van der Waals surface area contributed by atoms with Crippen molar-refractivity contribution in [1.29, 1.82) is 5.26 Å². The summed E-state index contributed by atoms with van der Waals surface area (Å²) in [5.74, 6) is 1.25. The van der Waals surface area contributed by atoms with Crippen LogP contribution in [0.25, 0.3) is 6.08 Å². The number of benzene rings is 1. The van der Waals surface area contributed by atoms with Crippen LogP contribution in [0.5, 0.6) is 0 Å². The lowest BCUT2D eigenvalue weighted by atomic mass is 9.90. The second kappa shape index (κ2) is 9.45. The molecule has 2 fully saturated rings. The number of carbonyl (C=O) groups is 2. The van der Waals surface area contributed by atoms with Crippen molar-refractivity contribution in [2.24, 2.45) is 16.3 Å². The molecule has 170 valence electrons. The van der Waals surface area contributed by atoms with E-state index in [1.807, 2.05) is 30.0 Å². The minimum Gasteiger partial charge on any atom is -0.456 e. The van der Waals surface area contributed by atoms with Gasteiger partial charge in [-0.3, -0.25) is 14.6 Å². The van der Waals surface area contributed by atoms with E-state index in [4.69, 9.17) is 4.42 Å². The first-order valence-electron chi connectivity index (χ1n) is 11.2. The molecular formula is C26H28N4O3. The van der Waals surface area contributed by atoms with Crippen LogP contribution < -0.4 is 5.32 Å². The monoisotopic (exact) mass is 444 g/mol. The number of furan rings is 1. The van der Waals surface area contributed by atoms with Gasteiger partial charge in [0.2, 0.25) is 5.91 Å². The molecule has 2 aliphatic rings. The van der Waals surface area contributed by atoms with Crippen LogP contribution in [0.3, 0.4) is 0 Å². The molecule has 1 aromatic heterocycles. The number of nitrogens with zero attached hydrogens (tertiary/aromatic N) is 3. The quantitative estimate of drug-likeness (QED) is 0.658. The van der Waals surface area contributed by atoms with Crippen LogP contribution in [0.2, 0.25) is 0 Å². The van der Waals surface area contributed by atoms with Gasteiger partial charge in [0.05, 0.1) is 18.1 Å². The van der Waals surface area contributed by atoms with Gasteiger partial charge in [-0.1, -0.05) is 18.2 Å². The van der Waals surface area contributed by atoms with Crippen molar-refractivity contribution in [1.82, 2.24) is 10.2 Å². The molecule has 1 saturated carbocycles. The highest BCUT2D eigenvalue weighted by molar-refractivity contribution is 5.92. The van der Waals surface area contributed by atoms with Crippen molar-refractivity contribution >= 4 is 24.6 Å². The van der Waals surface area contributed by atoms with E-state index < -0.39 is 0 Å². The van der Waals surface area contributed by atoms with Gasteiger partial charge >= 0.3 is 0 Å². The van der Waals surface area contributed by atoms with E-state index in [9.17, 15) is 14.9 Å². The average molecular weight is 445 g/mol. The minimum atomic E-state index is -0.213. The summed E-state index contributed by atoms with van der Waals surface area (Å²) in [6, 6.07) is 11.1. The van der Waals surface area contributed by atoms with Crippen LogP contribution in [0.4, 0.5) is 0 Å². The Hall–Kier alpha value is -3.66. The molecule has 1 atom stereocenters. The van der Waals surface area contributed by atoms with E-state index in [2.05, 4.69) is 23.1 Å². The van der Waals surface area contributed by atoms with Crippen molar-refractivity contribution in [3.05, 3.63) is 64.7 Å². The summed E-state index contributed by atoms with van der Waals surface area (Å²) >= 11 is 0. The molecule has 1 saturated heterocycles. The molecule has 4 rings (SSSR count). The third kappa shape index (κ3) is 4.90. The van der Waals surface area contributed by atoms with Gasteiger partial charge in [-0.05, 0) is 68.0 Å². The molecule has 1 N–H and O–H groups in total. The standard InChI is InChI=1S/C26H28N4O3/c1-18-19(7-10-28-2)13-23(33-18)25(32)29-17-22-15-26(22)8-11-30(12-9-26)24(31)14-20-5-3-4-6-21(20)16-27/h3-7,10,13,22H,2,8-9,11-12,14-15,17H2,1H3,(H,29,32)/b10-7-. The maximum atomic E-state index is 12.8. The third-order valence-electron chi connectivity index (χ3n) is 7.00. The van der Waals surface area contributed by atoms with E-state index in [0.717, 1.165) is 43.5 Å². The second-order valence-corrected chi connectivity index (χ2v) is 8.92. The predicted octanol–water partition coefficient (Wildman–Crippen LogP) is 3.73. The number of amides is 2. The predicted molar refractivity (Wildman–Crippen MR) is 126 cm³/mol. The normalized spacial score (nSPS) is 18.8. The molecule has 7 heteroatoms. The molecule has 1 spiro atoms. The molecule has 2 aromatic rings. The Morgan fingerprint density at radius 3 is 2.85 bits per heavy atom. The highest BCUT2D eigenvalue weighted by Gasteiger charge is 2.54. The topological polar surface area (TPSA) is 98.7 Å². The fourth-order valence-corrected chi connectivity index (χ4v) is 4.80. The van der Waals surface area contributed by atoms with Crippen LogP contribution in [0.15, 0.2) is 45.9 Å². The van der Waals surface area contributed by atoms with Gasteiger partial charge in [-0.15, -0.1) is 0 Å². The SMILES string of the molecule is C=N/C=C\c1cc(C(=O)NCC2CC23CCN(C(=O)Cc2ccccc2C#N)CC3)oc1C. The third-order valence-corrected chi connectivity index (χ3v) is 7.00. The van der Waals surface area contributed by atoms with Crippen LogP contribution in [-0.2, 0) is 11.2 Å². The summed E-state index contributed by atoms with van der Waals surface area (Å²) in [4.78, 5) is 30.9. The van der Waals surface area contributed by atoms with Crippen molar-refractivity contribution < 1.29 is 14.0 Å². The lowest BCUT2D eigenvalue weighted by Crippen LogP contribution is -2.41. The zero-order valence-electron chi connectivity index (χ0n) is 18.8. The first-order valence-corrected chi connectivity index (χ1v) is 11.2. The van der Waals surface area contributed by atoms with E-state index in [0.29, 0.717) is 29.5 Å². The molecule has 1 aromatic carbocycles. The number of likely N-dealkylation sites (tertiary alicyclic amines) is 1. The van der Waals surface area contributed by atoms with E-state index in [-0.39, 0.29) is 23.7 Å². The van der Waals surface area contributed by atoms with Gasteiger partial charge in [0.1, 0.15) is 5.76 Å². The van der Waals surface area contributed by atoms with Gasteiger partial charge in [0.15, 0.2) is 5.76 Å². The number of aliphatic imine (C=N–C) groups is 1. The number of hydrogen-bond acceptors (Lipinski definition) is 5. The number of aryl methyl sites for hydroxylation is 1. The number of rotatable bonds is 7. The van der Waals surface area contributed by atoms with Gasteiger partial charge in [0, 0.05) is 31.4 Å². The van der Waals surface area contributed by atoms with E-state index >= 15 is 0 Å². The van der Waals surface area contributed by atoms with Gasteiger partial charge in [0.25, 0.3) is 5.91 Å². The van der Waals surface area contributed by atoms with Crippen LogP contribution >= 0.6 is 0 Å². The highest BCUT2D eigenvalue weighted by atomic mass is 16.3. The lowest BCUT2D eigenvalue weighted by Gasteiger charge is -2.33. The van der Waals surface area contributed by atoms with Crippen molar-refractivity contribution in [3.8, 4) is 6.07 Å². The molecule has 7 nitrogen and oxygen atoms in total. The average Bonchev–Trinajstić information content (AvgIpc) is 3.35.